The molecule has 1 unspecified atom stereocenters. The maximum absolute atomic E-state index is 12.6. The van der Waals surface area contributed by atoms with Crippen LogP contribution in [0.1, 0.15) is 33.5 Å². The quantitative estimate of drug-likeness (QED) is 0.654. The third-order valence-electron chi connectivity index (χ3n) is 3.11. The third kappa shape index (κ3) is 4.26. The Morgan fingerprint density at radius 3 is 2.71 bits per heavy atom. The van der Waals surface area contributed by atoms with E-state index in [1.54, 1.807) is 0 Å². The summed E-state index contributed by atoms with van der Waals surface area (Å²) < 4.78 is 37.7. The molecule has 1 aromatic carbocycles. The summed E-state index contributed by atoms with van der Waals surface area (Å²) in [5.41, 5.74) is 4.86. The van der Waals surface area contributed by atoms with Gasteiger partial charge in [0.2, 0.25) is 0 Å². The van der Waals surface area contributed by atoms with Crippen molar-refractivity contribution in [3.8, 4) is 0 Å². The van der Waals surface area contributed by atoms with Crippen molar-refractivity contribution in [3.05, 3.63) is 51.5 Å². The minimum absolute atomic E-state index is 0.334. The molecule has 0 aliphatic heterocycles. The van der Waals surface area contributed by atoms with Gasteiger partial charge in [-0.25, -0.2) is 4.98 Å². The number of hydrogen-bond acceptors (Lipinski definition) is 4. The first-order valence-electron chi connectivity index (χ1n) is 6.44. The molecule has 1 aromatic heterocycles. The van der Waals surface area contributed by atoms with Crippen LogP contribution < -0.4 is 11.3 Å². The highest BCUT2D eigenvalue weighted by atomic mass is 32.1. The molecule has 0 spiro atoms. The van der Waals surface area contributed by atoms with Crippen LogP contribution in [0.5, 0.6) is 0 Å². The number of thiazole rings is 1. The van der Waals surface area contributed by atoms with Crippen molar-refractivity contribution in [3.63, 3.8) is 0 Å². The fraction of sp³-hybridized carbons (Fsp3) is 0.357. The van der Waals surface area contributed by atoms with Crippen molar-refractivity contribution in [1.29, 1.82) is 0 Å². The Morgan fingerprint density at radius 2 is 2.14 bits per heavy atom. The number of hydrogen-bond donors (Lipinski definition) is 2. The molecule has 1 atom stereocenters. The second-order valence-electron chi connectivity index (χ2n) is 4.81. The van der Waals surface area contributed by atoms with Crippen LogP contribution >= 0.6 is 11.3 Å². The topological polar surface area (TPSA) is 50.9 Å². The lowest BCUT2D eigenvalue weighted by atomic mass is 10.0. The van der Waals surface area contributed by atoms with E-state index in [9.17, 15) is 13.2 Å². The molecule has 0 radical (unpaired) electrons. The second-order valence-corrected chi connectivity index (χ2v) is 5.87. The van der Waals surface area contributed by atoms with Crippen molar-refractivity contribution in [2.45, 2.75) is 32.0 Å². The predicted octanol–water partition coefficient (Wildman–Crippen LogP) is 3.61. The van der Waals surface area contributed by atoms with E-state index >= 15 is 0 Å². The summed E-state index contributed by atoms with van der Waals surface area (Å²) in [6.07, 6.45) is -1.82. The lowest BCUT2D eigenvalue weighted by molar-refractivity contribution is -0.137. The Hall–Kier alpha value is -1.44. The number of nitrogens with two attached hydrogens (primary N) is 1. The van der Waals surface area contributed by atoms with Crippen LogP contribution in [-0.2, 0) is 12.6 Å². The number of aromatic nitrogens is 1. The summed E-state index contributed by atoms with van der Waals surface area (Å²) in [5.74, 6) is 5.46. The van der Waals surface area contributed by atoms with Gasteiger partial charge in [-0.3, -0.25) is 11.3 Å². The smallest absolute Gasteiger partial charge is 0.271 e. The molecule has 0 saturated heterocycles. The number of benzene rings is 1. The molecule has 0 fully saturated rings. The minimum Gasteiger partial charge on any atom is -0.271 e. The van der Waals surface area contributed by atoms with Crippen LogP contribution in [0.25, 0.3) is 0 Å². The molecule has 3 nitrogen and oxygen atoms in total. The molecule has 0 aliphatic carbocycles. The number of hydrazine groups is 1. The minimum atomic E-state index is -4.40. The van der Waals surface area contributed by atoms with Gasteiger partial charge in [-0.2, -0.15) is 13.2 Å². The van der Waals surface area contributed by atoms with E-state index in [0.717, 1.165) is 17.5 Å². The third-order valence-corrected chi connectivity index (χ3v) is 4.27. The maximum atomic E-state index is 12.6. The van der Waals surface area contributed by atoms with E-state index in [1.165, 1.54) is 6.20 Å². The Kier molecular flexibility index (Phi) is 4.97. The van der Waals surface area contributed by atoms with Gasteiger partial charge >= 0.3 is 6.18 Å². The van der Waals surface area contributed by atoms with Crippen LogP contribution in [0.3, 0.4) is 0 Å². The molecule has 1 heterocycles. The van der Waals surface area contributed by atoms with E-state index < -0.39 is 11.2 Å². The van der Waals surface area contributed by atoms with Crippen molar-refractivity contribution in [1.82, 2.24) is 10.4 Å². The summed E-state index contributed by atoms with van der Waals surface area (Å²) in [6.45, 7) is 2.00. The molecular formula is C14H16F3N3S. The summed E-state index contributed by atoms with van der Waals surface area (Å²) in [7, 11) is 0. The molecule has 0 aliphatic rings. The molecule has 0 bridgehead atoms. The summed E-state index contributed by atoms with van der Waals surface area (Å²) in [5, 5.41) is -0.840. The standard InChI is InChI=1S/C14H16F3N3S/c1-9-3-2-4-10(7-9)5-6-11(20-18)12-8-19-13(21-12)14(15,16)17/h2-4,7-8,11,20H,5-6,18H2,1H3. The highest BCUT2D eigenvalue weighted by Crippen LogP contribution is 2.35. The normalized spacial score (nSPS) is 13.4. The maximum Gasteiger partial charge on any atom is 0.443 e. The molecule has 0 amide bonds. The Bertz CT molecular complexity index is 595. The zero-order valence-electron chi connectivity index (χ0n) is 11.4. The summed E-state index contributed by atoms with van der Waals surface area (Å²) in [6, 6.07) is 7.68. The average Bonchev–Trinajstić information content (AvgIpc) is 2.89. The number of alkyl halides is 3. The lowest BCUT2D eigenvalue weighted by Gasteiger charge is -2.13. The van der Waals surface area contributed by atoms with Gasteiger partial charge in [0.25, 0.3) is 0 Å². The fourth-order valence-electron chi connectivity index (χ4n) is 2.07. The second kappa shape index (κ2) is 6.55. The van der Waals surface area contributed by atoms with Gasteiger partial charge in [0.1, 0.15) is 0 Å². The van der Waals surface area contributed by atoms with Crippen LogP contribution in [0.4, 0.5) is 13.2 Å². The number of nitrogens with zero attached hydrogens (tertiary/aromatic N) is 1. The van der Waals surface area contributed by atoms with Gasteiger partial charge in [-0.15, -0.1) is 11.3 Å². The largest absolute Gasteiger partial charge is 0.443 e. The number of rotatable bonds is 5. The first-order valence-corrected chi connectivity index (χ1v) is 7.26. The van der Waals surface area contributed by atoms with Crippen LogP contribution in [0.2, 0.25) is 0 Å². The molecule has 2 rings (SSSR count). The lowest BCUT2D eigenvalue weighted by Crippen LogP contribution is -2.27. The molecule has 21 heavy (non-hydrogen) atoms. The summed E-state index contributed by atoms with van der Waals surface area (Å²) in [4.78, 5) is 3.92. The van der Waals surface area contributed by atoms with Gasteiger partial charge in [0.15, 0.2) is 5.01 Å². The molecule has 0 saturated carbocycles. The number of aryl methyl sites for hydroxylation is 2. The van der Waals surface area contributed by atoms with E-state index in [2.05, 4.69) is 16.5 Å². The van der Waals surface area contributed by atoms with Crippen molar-refractivity contribution >= 4 is 11.3 Å². The van der Waals surface area contributed by atoms with Crippen LogP contribution in [-0.4, -0.2) is 4.98 Å². The van der Waals surface area contributed by atoms with Crippen molar-refractivity contribution in [2.75, 3.05) is 0 Å². The molecule has 2 aromatic rings. The highest BCUT2D eigenvalue weighted by molar-refractivity contribution is 7.11. The number of nitrogens with one attached hydrogen (secondary N) is 1. The van der Waals surface area contributed by atoms with Crippen molar-refractivity contribution < 1.29 is 13.2 Å². The van der Waals surface area contributed by atoms with Gasteiger partial charge in [0, 0.05) is 11.1 Å². The Balaban J connectivity index is 2.05. The monoisotopic (exact) mass is 315 g/mol. The zero-order valence-corrected chi connectivity index (χ0v) is 12.3. The van der Waals surface area contributed by atoms with Crippen molar-refractivity contribution in [2.24, 2.45) is 5.84 Å². The Labute approximate surface area is 125 Å². The van der Waals surface area contributed by atoms with Crippen LogP contribution in [0, 0.1) is 6.92 Å². The van der Waals surface area contributed by atoms with E-state index in [0.29, 0.717) is 22.6 Å². The first-order chi connectivity index (χ1) is 9.90. The van der Waals surface area contributed by atoms with E-state index in [4.69, 9.17) is 5.84 Å². The molecule has 3 N–H and O–H groups in total. The SMILES string of the molecule is Cc1cccc(CCC(NN)c2cnc(C(F)(F)F)s2)c1. The Morgan fingerprint density at radius 1 is 1.38 bits per heavy atom. The highest BCUT2D eigenvalue weighted by Gasteiger charge is 2.35. The van der Waals surface area contributed by atoms with Crippen LogP contribution in [0.15, 0.2) is 30.5 Å². The van der Waals surface area contributed by atoms with Gasteiger partial charge in [-0.05, 0) is 25.3 Å². The molecule has 114 valence electrons. The zero-order chi connectivity index (χ0) is 15.5. The van der Waals surface area contributed by atoms with E-state index in [1.807, 2.05) is 25.1 Å². The van der Waals surface area contributed by atoms with Gasteiger partial charge in [0.05, 0.1) is 6.04 Å². The average molecular weight is 315 g/mol. The van der Waals surface area contributed by atoms with Gasteiger partial charge < -0.3 is 0 Å². The fourth-order valence-corrected chi connectivity index (χ4v) is 2.94. The summed E-state index contributed by atoms with van der Waals surface area (Å²) >= 11 is 0.632. The predicted molar refractivity (Wildman–Crippen MR) is 76.7 cm³/mol. The first kappa shape index (κ1) is 15.9. The number of halogens is 3. The van der Waals surface area contributed by atoms with E-state index in [-0.39, 0.29) is 6.04 Å². The molecule has 7 heteroatoms. The molecular weight excluding hydrogens is 299 g/mol. The van der Waals surface area contributed by atoms with Gasteiger partial charge in [-0.1, -0.05) is 29.8 Å².